The summed E-state index contributed by atoms with van der Waals surface area (Å²) < 4.78 is 14.8. The fraction of sp³-hybridized carbons (Fsp3) is 0.405. The molecule has 54 heavy (non-hydrogen) atoms. The maximum Gasteiger partial charge on any atom is 0.407 e. The lowest BCUT2D eigenvalue weighted by Gasteiger charge is -2.24. The van der Waals surface area contributed by atoms with Gasteiger partial charge in [-0.3, -0.25) is 13.9 Å². The van der Waals surface area contributed by atoms with E-state index in [-0.39, 0.29) is 35.7 Å². The quantitative estimate of drug-likeness (QED) is 0.111. The van der Waals surface area contributed by atoms with Crippen LogP contribution in [0.3, 0.4) is 0 Å². The van der Waals surface area contributed by atoms with Gasteiger partial charge >= 0.3 is 12.1 Å². The van der Waals surface area contributed by atoms with Crippen molar-refractivity contribution in [2.75, 3.05) is 13.2 Å². The number of imidazole rings is 1. The predicted molar refractivity (Wildman–Crippen MR) is 206 cm³/mol. The van der Waals surface area contributed by atoms with Crippen LogP contribution in [-0.4, -0.2) is 66.7 Å². The minimum atomic E-state index is -1.42. The number of aliphatic hydroxyl groups excluding tert-OH is 1. The number of carbonyl (C=O) groups excluding carboxylic acids is 1. The Hall–Kier alpha value is -5.33. The van der Waals surface area contributed by atoms with Crippen LogP contribution in [0.1, 0.15) is 83.1 Å². The number of nitrogens with one attached hydrogen (secondary N) is 1. The van der Waals surface area contributed by atoms with Gasteiger partial charge in [0.25, 0.3) is 5.56 Å². The number of hydrogen-bond donors (Lipinski definition) is 3. The number of benzene rings is 2. The van der Waals surface area contributed by atoms with Crippen molar-refractivity contribution >= 4 is 23.2 Å². The summed E-state index contributed by atoms with van der Waals surface area (Å²) in [5.41, 5.74) is 8.21. The first-order chi connectivity index (χ1) is 26.0. The van der Waals surface area contributed by atoms with Gasteiger partial charge in [-0.25, -0.2) is 19.6 Å². The predicted octanol–water partition coefficient (Wildman–Crippen LogP) is 6.90. The van der Waals surface area contributed by atoms with Crippen molar-refractivity contribution in [1.82, 2.24) is 24.4 Å². The van der Waals surface area contributed by atoms with E-state index in [0.717, 1.165) is 47.9 Å². The van der Waals surface area contributed by atoms with Gasteiger partial charge in [0.2, 0.25) is 0 Å². The Balaban J connectivity index is 1.08. The summed E-state index contributed by atoms with van der Waals surface area (Å²) in [7, 11) is 0. The molecule has 4 atom stereocenters. The first-order valence-corrected chi connectivity index (χ1v) is 18.5. The largest absolute Gasteiger partial charge is 0.480 e. The van der Waals surface area contributed by atoms with Gasteiger partial charge in [0.05, 0.1) is 19.0 Å². The summed E-state index contributed by atoms with van der Waals surface area (Å²) in [5.74, 6) is -2.30. The van der Waals surface area contributed by atoms with Crippen LogP contribution in [0.2, 0.25) is 0 Å². The highest BCUT2D eigenvalue weighted by atomic mass is 16.6. The molecule has 12 nitrogen and oxygen atoms in total. The summed E-state index contributed by atoms with van der Waals surface area (Å²) in [6.45, 7) is 8.32. The smallest absolute Gasteiger partial charge is 0.407 e. The lowest BCUT2D eigenvalue weighted by atomic mass is 9.92. The molecular formula is C42H49N5O7. The Labute approximate surface area is 314 Å². The zero-order chi connectivity index (χ0) is 38.4. The molecule has 1 fully saturated rings. The van der Waals surface area contributed by atoms with Gasteiger partial charge in [-0.05, 0) is 75.6 Å². The fourth-order valence-electron chi connectivity index (χ4n) is 7.45. The summed E-state index contributed by atoms with van der Waals surface area (Å²) in [5, 5.41) is 22.9. The van der Waals surface area contributed by atoms with Crippen molar-refractivity contribution in [2.45, 2.75) is 90.6 Å². The first-order valence-electron chi connectivity index (χ1n) is 18.5. The van der Waals surface area contributed by atoms with E-state index in [1.807, 2.05) is 54.6 Å². The molecule has 6 rings (SSSR count). The number of carbonyl (C=O) groups is 2. The third-order valence-electron chi connectivity index (χ3n) is 10.4. The summed E-state index contributed by atoms with van der Waals surface area (Å²) in [6, 6.07) is 14.5. The molecule has 0 radical (unpaired) electrons. The minimum absolute atomic E-state index is 0.0210. The molecule has 2 aromatic heterocycles. The molecule has 2 aromatic carbocycles. The van der Waals surface area contributed by atoms with Gasteiger partial charge in [0.1, 0.15) is 25.2 Å². The minimum Gasteiger partial charge on any atom is -0.480 e. The van der Waals surface area contributed by atoms with Crippen LogP contribution in [0.15, 0.2) is 101 Å². The van der Waals surface area contributed by atoms with Crippen LogP contribution in [0.4, 0.5) is 4.79 Å². The maximum atomic E-state index is 13.4. The number of alkyl carbamates (subject to hydrolysis) is 1. The SMILES string of the molecule is CC(C)=CCC/C(C)=C/CC/C(C)=C/Cn1cnc2c(ncn2[C@H]2C[C@@H]([C@@H](NC(=O)OCC3c4ccccc4-c4ccccc43)C(=O)O)C(CO)O2)c1=O. The average Bonchev–Trinajstić information content (AvgIpc) is 3.86. The van der Waals surface area contributed by atoms with Crippen molar-refractivity contribution in [3.63, 3.8) is 0 Å². The van der Waals surface area contributed by atoms with E-state index in [1.54, 1.807) is 4.57 Å². The molecule has 0 saturated carbocycles. The second-order valence-electron chi connectivity index (χ2n) is 14.5. The van der Waals surface area contributed by atoms with Gasteiger partial charge in [-0.2, -0.15) is 0 Å². The fourth-order valence-corrected chi connectivity index (χ4v) is 7.45. The number of ether oxygens (including phenoxy) is 2. The molecule has 0 spiro atoms. The van der Waals surface area contributed by atoms with E-state index in [0.29, 0.717) is 6.54 Å². The second kappa shape index (κ2) is 17.2. The molecule has 284 valence electrons. The Morgan fingerprint density at radius 1 is 0.944 bits per heavy atom. The molecule has 3 N–H and O–H groups in total. The van der Waals surface area contributed by atoms with Gasteiger partial charge in [-0.1, -0.05) is 83.5 Å². The van der Waals surface area contributed by atoms with Crippen LogP contribution < -0.4 is 10.9 Å². The Morgan fingerprint density at radius 2 is 1.59 bits per heavy atom. The Kier molecular flexibility index (Phi) is 12.2. The van der Waals surface area contributed by atoms with E-state index >= 15 is 0 Å². The number of nitrogens with zero attached hydrogens (tertiary/aromatic N) is 4. The highest BCUT2D eigenvalue weighted by molar-refractivity contribution is 5.81. The molecule has 3 heterocycles. The number of rotatable bonds is 15. The zero-order valence-corrected chi connectivity index (χ0v) is 31.3. The monoisotopic (exact) mass is 735 g/mol. The van der Waals surface area contributed by atoms with Crippen molar-refractivity contribution in [3.05, 3.63) is 118 Å². The first kappa shape index (κ1) is 38.4. The number of carboxylic acids is 1. The Bertz CT molecular complexity index is 2100. The van der Waals surface area contributed by atoms with Gasteiger partial charge < -0.3 is 25.0 Å². The molecule has 2 aliphatic rings. The van der Waals surface area contributed by atoms with Gasteiger partial charge in [0.15, 0.2) is 11.2 Å². The summed E-state index contributed by atoms with van der Waals surface area (Å²) >= 11 is 0. The molecular weight excluding hydrogens is 686 g/mol. The van der Waals surface area contributed by atoms with Crippen LogP contribution in [0, 0.1) is 5.92 Å². The standard InChI is InChI=1S/C42H49N5O7/c1-26(2)11-9-12-27(3)13-10-14-28(4)19-20-46-24-44-39-38(40(46)49)43-25-47(39)36-21-33(35(22-48)54-36)37(41(50)51)45-42(52)53-23-34-31-17-7-5-15-29(31)30-16-6-8-18-32(30)34/h5-8,11,13,15-19,24-25,33-37,48H,9-10,12,14,20-23H2,1-4H3,(H,45,52)(H,50,51)/b27-13+,28-19+/t33-,35?,36-,37-/m1/s1. The topological polar surface area (TPSA) is 158 Å². The lowest BCUT2D eigenvalue weighted by Crippen LogP contribution is -2.49. The summed E-state index contributed by atoms with van der Waals surface area (Å²) in [6.07, 6.45) is 10.9. The Morgan fingerprint density at radius 3 is 2.24 bits per heavy atom. The van der Waals surface area contributed by atoms with Crippen molar-refractivity contribution in [2.24, 2.45) is 5.92 Å². The molecule has 1 aliphatic heterocycles. The molecule has 1 unspecified atom stereocenters. The number of allylic oxidation sites excluding steroid dienone is 6. The number of carboxylic acid groups (broad SMARTS) is 1. The van der Waals surface area contributed by atoms with E-state index in [9.17, 15) is 24.6 Å². The molecule has 1 amide bonds. The third kappa shape index (κ3) is 8.55. The molecule has 12 heteroatoms. The number of aromatic nitrogens is 4. The second-order valence-corrected chi connectivity index (χ2v) is 14.5. The molecule has 1 saturated heterocycles. The lowest BCUT2D eigenvalue weighted by molar-refractivity contribution is -0.141. The normalized spacial score (nSPS) is 19.0. The zero-order valence-electron chi connectivity index (χ0n) is 31.3. The van der Waals surface area contributed by atoms with Gasteiger partial charge in [0, 0.05) is 24.8 Å². The number of aliphatic hydroxyl groups is 1. The third-order valence-corrected chi connectivity index (χ3v) is 10.4. The van der Waals surface area contributed by atoms with Crippen LogP contribution in [0.25, 0.3) is 22.3 Å². The highest BCUT2D eigenvalue weighted by Gasteiger charge is 2.45. The number of aliphatic carboxylic acids is 1. The molecule has 4 aromatic rings. The summed E-state index contributed by atoms with van der Waals surface area (Å²) in [4.78, 5) is 47.9. The van der Waals surface area contributed by atoms with Crippen molar-refractivity contribution in [1.29, 1.82) is 0 Å². The van der Waals surface area contributed by atoms with E-state index in [4.69, 9.17) is 9.47 Å². The molecule has 1 aliphatic carbocycles. The number of fused-ring (bicyclic) bond motifs is 4. The molecule has 0 bridgehead atoms. The average molecular weight is 736 g/mol. The van der Waals surface area contributed by atoms with Gasteiger partial charge in [-0.15, -0.1) is 0 Å². The van der Waals surface area contributed by atoms with Crippen LogP contribution >= 0.6 is 0 Å². The van der Waals surface area contributed by atoms with Crippen molar-refractivity contribution < 1.29 is 29.3 Å². The number of hydrogen-bond acceptors (Lipinski definition) is 8. The highest BCUT2D eigenvalue weighted by Crippen LogP contribution is 2.44. The van der Waals surface area contributed by atoms with E-state index < -0.39 is 43.0 Å². The van der Waals surface area contributed by atoms with Crippen molar-refractivity contribution in [3.8, 4) is 11.1 Å². The van der Waals surface area contributed by atoms with E-state index in [2.05, 4.69) is 55.1 Å². The van der Waals surface area contributed by atoms with E-state index in [1.165, 1.54) is 33.9 Å². The van der Waals surface area contributed by atoms with Crippen LogP contribution in [-0.2, 0) is 20.8 Å². The maximum absolute atomic E-state index is 13.4. The van der Waals surface area contributed by atoms with Crippen LogP contribution in [0.5, 0.6) is 0 Å². The number of amides is 1.